The second-order valence-corrected chi connectivity index (χ2v) is 7.31. The summed E-state index contributed by atoms with van der Waals surface area (Å²) >= 11 is 0. The third-order valence-electron chi connectivity index (χ3n) is 5.31. The van der Waals surface area contributed by atoms with Gasteiger partial charge in [-0.25, -0.2) is 15.0 Å². The van der Waals surface area contributed by atoms with Gasteiger partial charge in [-0.15, -0.1) is 0 Å². The number of hydrogen-bond donors (Lipinski definition) is 2. The van der Waals surface area contributed by atoms with Crippen LogP contribution in [0.1, 0.15) is 12.8 Å². The van der Waals surface area contributed by atoms with Crippen LogP contribution in [0.3, 0.4) is 0 Å². The third-order valence-corrected chi connectivity index (χ3v) is 5.31. The summed E-state index contributed by atoms with van der Waals surface area (Å²) in [4.78, 5) is 27.5. The molecule has 0 bridgehead atoms. The van der Waals surface area contributed by atoms with Gasteiger partial charge in [0.05, 0.1) is 43.1 Å². The Balaban J connectivity index is 1.46. The fourth-order valence-corrected chi connectivity index (χ4v) is 3.81. The average molecular weight is 393 g/mol. The lowest BCUT2D eigenvalue weighted by Crippen LogP contribution is -2.42. The zero-order valence-electron chi connectivity index (χ0n) is 16.0. The molecule has 1 atom stereocenters. The van der Waals surface area contributed by atoms with Crippen molar-refractivity contribution in [2.24, 2.45) is 0 Å². The standard InChI is InChI=1S/C20H23N7O2/c28-20-13-29-8-7-26(20)19-12-27-16(10-22-18(27)11-23-19)15-4-1-5-17(25-15)24-14-3-2-6-21-9-14/h1,4-5,10-12,14,21H,2-3,6-9,13H2,(H,24,25). The lowest BCUT2D eigenvalue weighted by Gasteiger charge is -2.25. The van der Waals surface area contributed by atoms with E-state index in [1.807, 2.05) is 28.8 Å². The molecule has 2 N–H and O–H groups in total. The Morgan fingerprint density at radius 2 is 2.21 bits per heavy atom. The van der Waals surface area contributed by atoms with Crippen LogP contribution in [0.5, 0.6) is 0 Å². The number of nitrogens with zero attached hydrogens (tertiary/aromatic N) is 5. The number of carbonyl (C=O) groups excluding carboxylic acids is 1. The van der Waals surface area contributed by atoms with Crippen molar-refractivity contribution in [3.8, 4) is 11.4 Å². The number of piperidine rings is 1. The van der Waals surface area contributed by atoms with Crippen LogP contribution in [-0.4, -0.2) is 64.1 Å². The smallest absolute Gasteiger partial charge is 0.254 e. The number of amides is 1. The van der Waals surface area contributed by atoms with E-state index in [4.69, 9.17) is 9.72 Å². The summed E-state index contributed by atoms with van der Waals surface area (Å²) in [5.74, 6) is 1.35. The Labute approximate surface area is 168 Å². The molecule has 5 heterocycles. The number of ether oxygens (including phenoxy) is 1. The van der Waals surface area contributed by atoms with E-state index >= 15 is 0 Å². The first kappa shape index (κ1) is 18.0. The Kier molecular flexibility index (Phi) is 4.82. The van der Waals surface area contributed by atoms with Gasteiger partial charge in [-0.3, -0.25) is 14.1 Å². The van der Waals surface area contributed by atoms with Gasteiger partial charge < -0.3 is 15.4 Å². The fourth-order valence-electron chi connectivity index (χ4n) is 3.81. The van der Waals surface area contributed by atoms with Crippen LogP contribution in [0, 0.1) is 0 Å². The molecule has 0 saturated carbocycles. The molecule has 9 heteroatoms. The Morgan fingerprint density at radius 3 is 3.07 bits per heavy atom. The second kappa shape index (κ2) is 7.76. The molecule has 3 aromatic heterocycles. The van der Waals surface area contributed by atoms with Gasteiger partial charge >= 0.3 is 0 Å². The van der Waals surface area contributed by atoms with E-state index in [1.165, 1.54) is 6.42 Å². The van der Waals surface area contributed by atoms with Gasteiger partial charge in [-0.1, -0.05) is 6.07 Å². The molecule has 2 fully saturated rings. The number of morpholine rings is 1. The summed E-state index contributed by atoms with van der Waals surface area (Å²) in [7, 11) is 0. The molecule has 2 saturated heterocycles. The van der Waals surface area contributed by atoms with Crippen LogP contribution in [0.25, 0.3) is 17.0 Å². The Morgan fingerprint density at radius 1 is 1.24 bits per heavy atom. The summed E-state index contributed by atoms with van der Waals surface area (Å²) in [6, 6.07) is 6.33. The number of pyridine rings is 1. The maximum atomic E-state index is 12.2. The number of imidazole rings is 1. The van der Waals surface area contributed by atoms with Crippen LogP contribution in [0.2, 0.25) is 0 Å². The van der Waals surface area contributed by atoms with Crippen molar-refractivity contribution in [1.82, 2.24) is 24.7 Å². The van der Waals surface area contributed by atoms with Crippen LogP contribution >= 0.6 is 0 Å². The number of carbonyl (C=O) groups is 1. The number of rotatable bonds is 4. The minimum absolute atomic E-state index is 0.0851. The molecule has 9 nitrogen and oxygen atoms in total. The van der Waals surface area contributed by atoms with E-state index < -0.39 is 0 Å². The Hall–Kier alpha value is -3.04. The van der Waals surface area contributed by atoms with Crippen LogP contribution in [0.4, 0.5) is 11.6 Å². The van der Waals surface area contributed by atoms with Crippen molar-refractivity contribution in [3.63, 3.8) is 0 Å². The molecule has 0 aliphatic carbocycles. The zero-order valence-corrected chi connectivity index (χ0v) is 16.0. The normalized spacial score (nSPS) is 20.2. The predicted molar refractivity (Wildman–Crippen MR) is 109 cm³/mol. The lowest BCUT2D eigenvalue weighted by molar-refractivity contribution is -0.125. The highest BCUT2D eigenvalue weighted by molar-refractivity contribution is 5.93. The van der Waals surface area contributed by atoms with Crippen LogP contribution in [0.15, 0.2) is 36.8 Å². The van der Waals surface area contributed by atoms with Crippen molar-refractivity contribution in [2.75, 3.05) is 43.1 Å². The van der Waals surface area contributed by atoms with Crippen LogP contribution in [-0.2, 0) is 9.53 Å². The molecule has 29 heavy (non-hydrogen) atoms. The molecule has 0 radical (unpaired) electrons. The number of hydrogen-bond acceptors (Lipinski definition) is 7. The van der Waals surface area contributed by atoms with Gasteiger partial charge in [-0.2, -0.15) is 0 Å². The fraction of sp³-hybridized carbons (Fsp3) is 0.400. The van der Waals surface area contributed by atoms with E-state index in [0.29, 0.717) is 30.7 Å². The summed E-state index contributed by atoms with van der Waals surface area (Å²) in [6.07, 6.45) is 7.61. The maximum Gasteiger partial charge on any atom is 0.254 e. The highest BCUT2D eigenvalue weighted by Crippen LogP contribution is 2.23. The SMILES string of the molecule is O=C1COCCN1c1cn2c(-c3cccc(NC4CCCNC4)n3)cnc2cn1. The van der Waals surface area contributed by atoms with E-state index in [9.17, 15) is 4.79 Å². The summed E-state index contributed by atoms with van der Waals surface area (Å²) < 4.78 is 7.14. The number of anilines is 2. The molecular weight excluding hydrogens is 370 g/mol. The minimum Gasteiger partial charge on any atom is -0.370 e. The highest BCUT2D eigenvalue weighted by Gasteiger charge is 2.22. The van der Waals surface area contributed by atoms with E-state index in [2.05, 4.69) is 20.6 Å². The van der Waals surface area contributed by atoms with Gasteiger partial charge in [0.25, 0.3) is 5.91 Å². The van der Waals surface area contributed by atoms with Crippen molar-refractivity contribution in [1.29, 1.82) is 0 Å². The molecule has 0 spiro atoms. The van der Waals surface area contributed by atoms with Crippen LogP contribution < -0.4 is 15.5 Å². The average Bonchev–Trinajstić information content (AvgIpc) is 3.18. The molecule has 1 amide bonds. The van der Waals surface area contributed by atoms with Crippen molar-refractivity contribution in [3.05, 3.63) is 36.8 Å². The molecule has 3 aromatic rings. The summed E-state index contributed by atoms with van der Waals surface area (Å²) in [5.41, 5.74) is 2.38. The van der Waals surface area contributed by atoms with E-state index in [-0.39, 0.29) is 12.5 Å². The minimum atomic E-state index is -0.0878. The molecule has 2 aliphatic heterocycles. The maximum absolute atomic E-state index is 12.2. The molecule has 150 valence electrons. The van der Waals surface area contributed by atoms with Crippen molar-refractivity contribution >= 4 is 23.2 Å². The lowest BCUT2D eigenvalue weighted by atomic mass is 10.1. The molecule has 2 aliphatic rings. The first-order valence-corrected chi connectivity index (χ1v) is 9.94. The summed E-state index contributed by atoms with van der Waals surface area (Å²) in [5, 5.41) is 6.93. The van der Waals surface area contributed by atoms with Gasteiger partial charge in [0, 0.05) is 12.6 Å². The largest absolute Gasteiger partial charge is 0.370 e. The van der Waals surface area contributed by atoms with E-state index in [0.717, 1.165) is 36.7 Å². The van der Waals surface area contributed by atoms with Gasteiger partial charge in [0.1, 0.15) is 12.4 Å². The number of nitrogens with one attached hydrogen (secondary N) is 2. The predicted octanol–water partition coefficient (Wildman–Crippen LogP) is 1.32. The first-order valence-electron chi connectivity index (χ1n) is 9.94. The number of fused-ring (bicyclic) bond motifs is 1. The Bertz CT molecular complexity index is 1030. The van der Waals surface area contributed by atoms with Gasteiger partial charge in [-0.05, 0) is 31.5 Å². The van der Waals surface area contributed by atoms with Crippen molar-refractivity contribution < 1.29 is 9.53 Å². The first-order chi connectivity index (χ1) is 14.3. The molecular formula is C20H23N7O2. The van der Waals surface area contributed by atoms with E-state index in [1.54, 1.807) is 17.3 Å². The molecule has 1 unspecified atom stereocenters. The highest BCUT2D eigenvalue weighted by atomic mass is 16.5. The number of aromatic nitrogens is 4. The second-order valence-electron chi connectivity index (χ2n) is 7.31. The monoisotopic (exact) mass is 393 g/mol. The van der Waals surface area contributed by atoms with Gasteiger partial charge in [0.2, 0.25) is 0 Å². The summed E-state index contributed by atoms with van der Waals surface area (Å²) in [6.45, 7) is 3.11. The van der Waals surface area contributed by atoms with Crippen molar-refractivity contribution in [2.45, 2.75) is 18.9 Å². The molecule has 5 rings (SSSR count). The zero-order chi connectivity index (χ0) is 19.6. The third kappa shape index (κ3) is 3.66. The van der Waals surface area contributed by atoms with Gasteiger partial charge in [0.15, 0.2) is 11.5 Å². The topological polar surface area (TPSA) is 96.7 Å². The molecule has 0 aromatic carbocycles. The quantitative estimate of drug-likeness (QED) is 0.690.